The van der Waals surface area contributed by atoms with Gasteiger partial charge in [0.15, 0.2) is 0 Å². The Balaban J connectivity index is 1.56. The molecule has 0 saturated carbocycles. The summed E-state index contributed by atoms with van der Waals surface area (Å²) in [4.78, 5) is 8.97. The fourth-order valence-electron chi connectivity index (χ4n) is 3.66. The van der Waals surface area contributed by atoms with E-state index in [1.54, 1.807) is 0 Å². The minimum atomic E-state index is 0.231. The van der Waals surface area contributed by atoms with Gasteiger partial charge in [0.05, 0.1) is 11.7 Å². The molecule has 0 spiro atoms. The molecular formula is C17H22N6. The molecule has 6 nitrogen and oxygen atoms in total. The Morgan fingerprint density at radius 3 is 2.96 bits per heavy atom. The highest BCUT2D eigenvalue weighted by atomic mass is 15.4. The zero-order valence-electron chi connectivity index (χ0n) is 13.2. The number of nitrogens with one attached hydrogen (secondary N) is 4. The second-order valence-electron chi connectivity index (χ2n) is 6.22. The number of rotatable bonds is 3. The molecule has 4 heterocycles. The van der Waals surface area contributed by atoms with Crippen molar-refractivity contribution in [3.8, 4) is 0 Å². The highest BCUT2D eigenvalue weighted by molar-refractivity contribution is 5.35. The number of hydrogen-bond acceptors (Lipinski definition) is 6. The normalized spacial score (nSPS) is 30.0. The molecule has 0 aliphatic carbocycles. The maximum Gasteiger partial charge on any atom is 0.126 e. The van der Waals surface area contributed by atoms with E-state index in [0.717, 1.165) is 24.5 Å². The maximum atomic E-state index is 4.72. The molecule has 0 bridgehead atoms. The lowest BCUT2D eigenvalue weighted by molar-refractivity contribution is 0.265. The molecular weight excluding hydrogens is 288 g/mol. The summed E-state index contributed by atoms with van der Waals surface area (Å²) in [6.07, 6.45) is 4.85. The van der Waals surface area contributed by atoms with Crippen molar-refractivity contribution in [3.63, 3.8) is 0 Å². The number of anilines is 1. The van der Waals surface area contributed by atoms with E-state index in [0.29, 0.717) is 18.0 Å². The zero-order chi connectivity index (χ0) is 15.6. The van der Waals surface area contributed by atoms with Crippen LogP contribution in [0.2, 0.25) is 0 Å². The van der Waals surface area contributed by atoms with Crippen LogP contribution in [-0.2, 0) is 0 Å². The van der Waals surface area contributed by atoms with Gasteiger partial charge in [-0.3, -0.25) is 10.4 Å². The molecule has 4 atom stereocenters. The lowest BCUT2D eigenvalue weighted by Crippen LogP contribution is -2.46. The third-order valence-corrected chi connectivity index (χ3v) is 4.89. The van der Waals surface area contributed by atoms with E-state index in [1.807, 2.05) is 31.6 Å². The van der Waals surface area contributed by atoms with Crippen LogP contribution in [0.3, 0.4) is 0 Å². The van der Waals surface area contributed by atoms with Crippen molar-refractivity contribution in [2.24, 2.45) is 5.92 Å². The van der Waals surface area contributed by atoms with Crippen molar-refractivity contribution in [1.82, 2.24) is 26.1 Å². The largest absolute Gasteiger partial charge is 0.373 e. The molecule has 4 N–H and O–H groups in total. The van der Waals surface area contributed by atoms with E-state index >= 15 is 0 Å². The van der Waals surface area contributed by atoms with Gasteiger partial charge < -0.3 is 10.6 Å². The SMILES string of the molecule is CNc1cccc(C2NNC3CNC(c4cccnc4)CC32)n1. The first-order valence-electron chi connectivity index (χ1n) is 8.14. The van der Waals surface area contributed by atoms with Gasteiger partial charge in [-0.25, -0.2) is 10.4 Å². The maximum absolute atomic E-state index is 4.72. The molecule has 0 aromatic carbocycles. The highest BCUT2D eigenvalue weighted by Crippen LogP contribution is 2.37. The lowest BCUT2D eigenvalue weighted by Gasteiger charge is -2.34. The first kappa shape index (κ1) is 14.6. The number of pyridine rings is 2. The van der Waals surface area contributed by atoms with E-state index < -0.39 is 0 Å². The summed E-state index contributed by atoms with van der Waals surface area (Å²) in [7, 11) is 1.90. The van der Waals surface area contributed by atoms with Gasteiger partial charge in [0, 0.05) is 44.0 Å². The molecule has 4 unspecified atom stereocenters. The van der Waals surface area contributed by atoms with E-state index in [2.05, 4.69) is 44.7 Å². The van der Waals surface area contributed by atoms with Crippen molar-refractivity contribution in [3.05, 3.63) is 54.0 Å². The summed E-state index contributed by atoms with van der Waals surface area (Å²) in [5, 5.41) is 6.74. The predicted molar refractivity (Wildman–Crippen MR) is 89.7 cm³/mol. The molecule has 2 saturated heterocycles. The second-order valence-corrected chi connectivity index (χ2v) is 6.22. The lowest BCUT2D eigenvalue weighted by atomic mass is 9.81. The fraction of sp³-hybridized carbons (Fsp3) is 0.412. The molecule has 2 aromatic rings. The summed E-state index contributed by atoms with van der Waals surface area (Å²) in [6, 6.07) is 11.3. The fourth-order valence-corrected chi connectivity index (χ4v) is 3.66. The average Bonchev–Trinajstić information content (AvgIpc) is 3.05. The number of aromatic nitrogens is 2. The molecule has 6 heteroatoms. The summed E-state index contributed by atoms with van der Waals surface area (Å²) in [6.45, 7) is 0.944. The number of fused-ring (bicyclic) bond motifs is 1. The summed E-state index contributed by atoms with van der Waals surface area (Å²) < 4.78 is 0. The van der Waals surface area contributed by atoms with Gasteiger partial charge in [-0.2, -0.15) is 0 Å². The van der Waals surface area contributed by atoms with E-state index in [-0.39, 0.29) is 6.04 Å². The average molecular weight is 310 g/mol. The quantitative estimate of drug-likeness (QED) is 0.686. The van der Waals surface area contributed by atoms with Crippen LogP contribution in [-0.4, -0.2) is 29.6 Å². The van der Waals surface area contributed by atoms with Gasteiger partial charge >= 0.3 is 0 Å². The van der Waals surface area contributed by atoms with E-state index in [9.17, 15) is 0 Å². The Morgan fingerprint density at radius 2 is 2.13 bits per heavy atom. The van der Waals surface area contributed by atoms with Crippen LogP contribution < -0.4 is 21.5 Å². The van der Waals surface area contributed by atoms with Crippen LogP contribution in [0.1, 0.15) is 29.8 Å². The Bertz CT molecular complexity index is 661. The molecule has 0 amide bonds. The number of piperidine rings is 1. The van der Waals surface area contributed by atoms with Crippen molar-refractivity contribution in [2.45, 2.75) is 24.5 Å². The van der Waals surface area contributed by atoms with E-state index in [1.165, 1.54) is 5.56 Å². The number of hydrogen-bond donors (Lipinski definition) is 4. The smallest absolute Gasteiger partial charge is 0.126 e. The third kappa shape index (κ3) is 2.81. The standard InChI is InChI=1S/C17H22N6/c1-18-16-6-2-5-13(21-16)17-12-8-14(11-4-3-7-19-9-11)20-10-15(12)22-23-17/h2-7,9,12,14-15,17,20,22-23H,8,10H2,1H3,(H,18,21). The van der Waals surface area contributed by atoms with Gasteiger partial charge in [0.25, 0.3) is 0 Å². The van der Waals surface area contributed by atoms with Gasteiger partial charge in [0.2, 0.25) is 0 Å². The molecule has 2 aliphatic rings. The predicted octanol–water partition coefficient (Wildman–Crippen LogP) is 1.39. The van der Waals surface area contributed by atoms with Crippen LogP contribution in [0.25, 0.3) is 0 Å². The van der Waals surface area contributed by atoms with Gasteiger partial charge in [-0.1, -0.05) is 12.1 Å². The Kier molecular flexibility index (Phi) is 3.95. The molecule has 4 rings (SSSR count). The van der Waals surface area contributed by atoms with Crippen LogP contribution in [0.15, 0.2) is 42.7 Å². The molecule has 23 heavy (non-hydrogen) atoms. The van der Waals surface area contributed by atoms with Crippen LogP contribution in [0, 0.1) is 5.92 Å². The molecule has 0 radical (unpaired) electrons. The summed E-state index contributed by atoms with van der Waals surface area (Å²) in [5.41, 5.74) is 9.22. The molecule has 2 fully saturated rings. The monoisotopic (exact) mass is 310 g/mol. The Labute approximate surface area is 136 Å². The van der Waals surface area contributed by atoms with Crippen molar-refractivity contribution < 1.29 is 0 Å². The minimum absolute atomic E-state index is 0.231. The van der Waals surface area contributed by atoms with Crippen molar-refractivity contribution >= 4 is 5.82 Å². The Morgan fingerprint density at radius 1 is 1.17 bits per heavy atom. The Hall–Kier alpha value is -2.02. The summed E-state index contributed by atoms with van der Waals surface area (Å²) >= 11 is 0. The van der Waals surface area contributed by atoms with Crippen molar-refractivity contribution in [1.29, 1.82) is 0 Å². The second kappa shape index (κ2) is 6.23. The minimum Gasteiger partial charge on any atom is -0.373 e. The zero-order valence-corrected chi connectivity index (χ0v) is 13.2. The molecule has 2 aliphatic heterocycles. The molecule has 2 aromatic heterocycles. The van der Waals surface area contributed by atoms with Crippen molar-refractivity contribution in [2.75, 3.05) is 18.9 Å². The van der Waals surface area contributed by atoms with Gasteiger partial charge in [0.1, 0.15) is 5.82 Å². The van der Waals surface area contributed by atoms with Crippen LogP contribution >= 0.6 is 0 Å². The highest BCUT2D eigenvalue weighted by Gasteiger charge is 2.41. The topological polar surface area (TPSA) is 73.9 Å². The van der Waals surface area contributed by atoms with Gasteiger partial charge in [-0.15, -0.1) is 0 Å². The first-order valence-corrected chi connectivity index (χ1v) is 8.14. The third-order valence-electron chi connectivity index (χ3n) is 4.89. The number of hydrazine groups is 1. The number of nitrogens with zero attached hydrogens (tertiary/aromatic N) is 2. The van der Waals surface area contributed by atoms with E-state index in [4.69, 9.17) is 4.98 Å². The van der Waals surface area contributed by atoms with Crippen LogP contribution in [0.4, 0.5) is 5.82 Å². The first-order chi connectivity index (χ1) is 11.3. The summed E-state index contributed by atoms with van der Waals surface area (Å²) in [5.74, 6) is 1.41. The van der Waals surface area contributed by atoms with Gasteiger partial charge in [-0.05, 0) is 30.2 Å². The molecule has 120 valence electrons. The van der Waals surface area contributed by atoms with Crippen LogP contribution in [0.5, 0.6) is 0 Å².